The summed E-state index contributed by atoms with van der Waals surface area (Å²) in [6, 6.07) is 9.96. The summed E-state index contributed by atoms with van der Waals surface area (Å²) in [6.07, 6.45) is 0. The molecule has 0 aliphatic heterocycles. The minimum Gasteiger partial charge on any atom is -0.745 e. The van der Waals surface area contributed by atoms with E-state index in [-0.39, 0.29) is 35.1 Å². The van der Waals surface area contributed by atoms with Gasteiger partial charge in [0.2, 0.25) is 0 Å². The van der Waals surface area contributed by atoms with Gasteiger partial charge in [0, 0.05) is 16.3 Å². The molecule has 13 nitrogen and oxygen atoms in total. The smallest absolute Gasteiger partial charge is 0.745 e. The molecule has 0 aliphatic carbocycles. The van der Waals surface area contributed by atoms with E-state index in [1.165, 1.54) is 12.1 Å². The van der Waals surface area contributed by atoms with Gasteiger partial charge >= 0.3 is 62.7 Å². The van der Waals surface area contributed by atoms with E-state index >= 15 is 0 Å². The van der Waals surface area contributed by atoms with Crippen molar-refractivity contribution >= 4 is 62.3 Å². The maximum atomic E-state index is 12.5. The number of aromatic nitrogens is 1. The summed E-state index contributed by atoms with van der Waals surface area (Å²) in [6.45, 7) is 0. The Hall–Kier alpha value is -1.28. The van der Waals surface area contributed by atoms with Crippen molar-refractivity contribution in [3.8, 4) is 5.75 Å². The zero-order valence-corrected chi connectivity index (χ0v) is 20.4. The summed E-state index contributed by atoms with van der Waals surface area (Å²) < 4.78 is 123. The van der Waals surface area contributed by atoms with Crippen LogP contribution in [0.5, 0.6) is 5.75 Å². The predicted octanol–water partition coefficient (Wildman–Crippen LogP) is -3.03. The molecule has 0 aliphatic rings. The molecule has 2 aromatic carbocycles. The second kappa shape index (κ2) is 7.94. The van der Waals surface area contributed by atoms with Crippen LogP contribution in [0, 0.1) is 0 Å². The van der Waals surface area contributed by atoms with Gasteiger partial charge in [-0.3, -0.25) is 9.11 Å². The van der Waals surface area contributed by atoms with Crippen molar-refractivity contribution in [2.24, 2.45) is 0 Å². The maximum Gasteiger partial charge on any atom is 1.00 e. The fourth-order valence-corrected chi connectivity index (χ4v) is 9.83. The monoisotopic (exact) mass is 523 g/mol. The van der Waals surface area contributed by atoms with Crippen LogP contribution in [0.2, 0.25) is 0 Å². The Labute approximate surface area is 198 Å². The van der Waals surface area contributed by atoms with Gasteiger partial charge in [0.15, 0.2) is 15.9 Å². The largest absolute Gasteiger partial charge is 1.00 e. The molecule has 0 unspecified atom stereocenters. The van der Waals surface area contributed by atoms with Crippen LogP contribution in [0.4, 0.5) is 0 Å². The van der Waals surface area contributed by atoms with Gasteiger partial charge in [-0.15, -0.1) is 0 Å². The van der Waals surface area contributed by atoms with Crippen LogP contribution in [-0.4, -0.2) is 55.1 Å². The minimum absolute atomic E-state index is 0. The summed E-state index contributed by atoms with van der Waals surface area (Å²) in [7, 11) is -27.4. The Morgan fingerprint density at radius 2 is 1.32 bits per heavy atom. The Morgan fingerprint density at radius 1 is 0.806 bits per heavy atom. The zero-order valence-electron chi connectivity index (χ0n) is 15.2. The SMILES string of the molecule is O=S(=O)([O-])C(S(=O)(=O)O)(S(=O)(=O)O)S(=O)(=O)Oc1cccc2c1[nH]c1ccccc12.[Na+]. The van der Waals surface area contributed by atoms with E-state index in [0.717, 1.165) is 6.07 Å². The molecule has 18 heteroatoms. The Kier molecular flexibility index (Phi) is 6.65. The zero-order chi connectivity index (χ0) is 22.8. The first kappa shape index (κ1) is 26.0. The van der Waals surface area contributed by atoms with E-state index < -0.39 is 49.0 Å². The average Bonchev–Trinajstić information content (AvgIpc) is 2.90. The molecule has 3 aromatic rings. The number of fused-ring (bicyclic) bond motifs is 3. The first-order chi connectivity index (χ1) is 13.5. The summed E-state index contributed by atoms with van der Waals surface area (Å²) in [5, 5.41) is 0.829. The second-order valence-corrected chi connectivity index (χ2v) is 13.7. The molecule has 3 rings (SSSR count). The van der Waals surface area contributed by atoms with Gasteiger partial charge in [-0.1, -0.05) is 30.3 Å². The summed E-state index contributed by atoms with van der Waals surface area (Å²) in [4.78, 5) is 2.70. The number of hydrogen-bond acceptors (Lipinski definition) is 10. The van der Waals surface area contributed by atoms with Gasteiger partial charge in [0.1, 0.15) is 0 Å². The van der Waals surface area contributed by atoms with Gasteiger partial charge in [-0.05, 0) is 12.1 Å². The van der Waals surface area contributed by atoms with E-state index in [1.807, 2.05) is 0 Å². The van der Waals surface area contributed by atoms with Crippen molar-refractivity contribution in [2.75, 3.05) is 0 Å². The van der Waals surface area contributed by atoms with Crippen molar-refractivity contribution in [1.82, 2.24) is 4.98 Å². The second-order valence-electron chi connectivity index (χ2n) is 5.79. The third-order valence-corrected chi connectivity index (χ3v) is 14.3. The fraction of sp³-hybridized carbons (Fsp3) is 0.0769. The number of benzene rings is 2. The first-order valence-corrected chi connectivity index (χ1v) is 13.1. The number of H-pyrrole nitrogens is 1. The van der Waals surface area contributed by atoms with Crippen molar-refractivity contribution in [3.63, 3.8) is 0 Å². The van der Waals surface area contributed by atoms with E-state index in [1.54, 1.807) is 24.3 Å². The molecule has 31 heavy (non-hydrogen) atoms. The summed E-state index contributed by atoms with van der Waals surface area (Å²) >= 11 is 0. The molecule has 0 atom stereocenters. The third kappa shape index (κ3) is 3.88. The normalized spacial score (nSPS) is 13.8. The molecule has 0 bridgehead atoms. The van der Waals surface area contributed by atoms with Crippen molar-refractivity contribution in [3.05, 3.63) is 42.5 Å². The molecule has 1 heterocycles. The van der Waals surface area contributed by atoms with Gasteiger partial charge < -0.3 is 13.7 Å². The number of aromatic amines is 1. The summed E-state index contributed by atoms with van der Waals surface area (Å²) in [5.41, 5.74) is 0.290. The molecule has 0 amide bonds. The Balaban J connectivity index is 0.00000341. The minimum atomic E-state index is -7.05. The molecule has 0 saturated carbocycles. The van der Waals surface area contributed by atoms with Crippen LogP contribution < -0.4 is 33.7 Å². The Bertz CT molecular complexity index is 1530. The third-order valence-electron chi connectivity index (χ3n) is 3.95. The quantitative estimate of drug-likeness (QED) is 0.167. The van der Waals surface area contributed by atoms with E-state index in [0.29, 0.717) is 16.3 Å². The van der Waals surface area contributed by atoms with Gasteiger partial charge in [-0.2, -0.15) is 25.3 Å². The van der Waals surface area contributed by atoms with Crippen LogP contribution in [0.3, 0.4) is 0 Å². The average molecular weight is 523 g/mol. The number of hydrogen-bond donors (Lipinski definition) is 3. The van der Waals surface area contributed by atoms with E-state index in [4.69, 9.17) is 9.11 Å². The van der Waals surface area contributed by atoms with Crippen molar-refractivity contribution in [2.45, 2.75) is 2.74 Å². The number of para-hydroxylation sites is 2. The van der Waals surface area contributed by atoms with Crippen LogP contribution in [0.1, 0.15) is 0 Å². The number of rotatable bonds is 6. The van der Waals surface area contributed by atoms with Gasteiger partial charge in [0.25, 0.3) is 0 Å². The molecule has 1 aromatic heterocycles. The summed E-state index contributed by atoms with van der Waals surface area (Å²) in [5.74, 6) is -0.816. The Morgan fingerprint density at radius 3 is 1.84 bits per heavy atom. The molecular formula is C13H10NNaO12S4. The molecule has 0 saturated heterocycles. The van der Waals surface area contributed by atoms with Gasteiger partial charge in [0.05, 0.1) is 5.52 Å². The van der Waals surface area contributed by atoms with Crippen LogP contribution in [-0.2, 0) is 40.5 Å². The van der Waals surface area contributed by atoms with E-state index in [2.05, 4.69) is 9.17 Å². The molecule has 0 spiro atoms. The fourth-order valence-electron chi connectivity index (χ4n) is 2.86. The number of nitrogens with one attached hydrogen (secondary N) is 1. The van der Waals surface area contributed by atoms with Crippen LogP contribution in [0.15, 0.2) is 42.5 Å². The molecule has 3 N–H and O–H groups in total. The topological polar surface area (TPSA) is 225 Å². The molecular weight excluding hydrogens is 513 g/mol. The molecule has 0 fully saturated rings. The standard InChI is InChI=1S/C13H11NO12S4.Na/c15-27(16,17)13(28(18,19)20,29(21,22)23)30(24,25)26-11-7-3-5-9-8-4-1-2-6-10(8)14-12(9)11;/h1-7,14H,(H,15,16,17)(H,18,19,20)(H,21,22,23);/q;+1/p-1. The van der Waals surface area contributed by atoms with Crippen LogP contribution >= 0.6 is 0 Å². The van der Waals surface area contributed by atoms with Crippen molar-refractivity contribution in [1.29, 1.82) is 0 Å². The van der Waals surface area contributed by atoms with Crippen molar-refractivity contribution < 1.29 is 81.1 Å². The molecule has 0 radical (unpaired) electrons. The van der Waals surface area contributed by atoms with Gasteiger partial charge in [-0.25, -0.2) is 8.42 Å². The molecule has 164 valence electrons. The first-order valence-electron chi connectivity index (χ1n) is 7.37. The maximum absolute atomic E-state index is 12.5. The van der Waals surface area contributed by atoms with E-state index in [9.17, 15) is 38.2 Å². The van der Waals surface area contributed by atoms with Crippen LogP contribution in [0.25, 0.3) is 21.8 Å². The predicted molar refractivity (Wildman–Crippen MR) is 101 cm³/mol.